The van der Waals surface area contributed by atoms with Gasteiger partial charge in [0.1, 0.15) is 0 Å². The van der Waals surface area contributed by atoms with Crippen molar-refractivity contribution >= 4 is 29.7 Å². The zero-order valence-electron chi connectivity index (χ0n) is 13.8. The van der Waals surface area contributed by atoms with Crippen LogP contribution >= 0.6 is 23.7 Å². The van der Waals surface area contributed by atoms with E-state index in [1.165, 1.54) is 22.5 Å². The van der Waals surface area contributed by atoms with Crippen LogP contribution in [0, 0.1) is 13.8 Å². The zero-order chi connectivity index (χ0) is 16.4. The number of halogens is 1. The van der Waals surface area contributed by atoms with E-state index in [-0.39, 0.29) is 23.2 Å². The largest absolute Gasteiger partial charge is 0.352 e. The Morgan fingerprint density at radius 3 is 2.75 bits per heavy atom. The van der Waals surface area contributed by atoms with Gasteiger partial charge in [-0.1, -0.05) is 29.5 Å². The first-order valence-electron chi connectivity index (χ1n) is 7.79. The Balaban J connectivity index is 0.00000208. The molecule has 0 atom stereocenters. The number of benzene rings is 1. The fourth-order valence-electron chi connectivity index (χ4n) is 2.81. The molecule has 1 aliphatic heterocycles. The normalized spacial score (nSPS) is 12.6. The van der Waals surface area contributed by atoms with E-state index in [4.69, 9.17) is 0 Å². The van der Waals surface area contributed by atoms with Crippen LogP contribution in [0.2, 0.25) is 0 Å². The molecule has 5 nitrogen and oxygen atoms in total. The molecule has 1 aliphatic rings. The molecule has 0 bridgehead atoms. The van der Waals surface area contributed by atoms with Gasteiger partial charge in [0.2, 0.25) is 5.91 Å². The van der Waals surface area contributed by atoms with Gasteiger partial charge in [-0.2, -0.15) is 0 Å². The van der Waals surface area contributed by atoms with Crippen LogP contribution in [0.1, 0.15) is 33.7 Å². The van der Waals surface area contributed by atoms with E-state index >= 15 is 0 Å². The lowest BCUT2D eigenvalue weighted by molar-refractivity contribution is -0.121. The number of nitrogens with zero attached hydrogens (tertiary/aromatic N) is 1. The Bertz CT molecular complexity index is 798. The van der Waals surface area contributed by atoms with Crippen LogP contribution in [0.5, 0.6) is 0 Å². The van der Waals surface area contributed by atoms with Crippen molar-refractivity contribution in [1.29, 1.82) is 0 Å². The molecule has 1 aromatic heterocycles. The van der Waals surface area contributed by atoms with E-state index in [0.29, 0.717) is 19.5 Å². The first-order chi connectivity index (χ1) is 11.0. The highest BCUT2D eigenvalue weighted by atomic mass is 35.5. The van der Waals surface area contributed by atoms with E-state index in [9.17, 15) is 9.59 Å². The Morgan fingerprint density at radius 2 is 2.04 bits per heavy atom. The van der Waals surface area contributed by atoms with E-state index in [1.807, 2.05) is 13.8 Å². The highest BCUT2D eigenvalue weighted by Gasteiger charge is 2.11. The molecule has 0 aliphatic carbocycles. The van der Waals surface area contributed by atoms with Crippen molar-refractivity contribution in [3.63, 3.8) is 0 Å². The molecule has 3 rings (SSSR count). The summed E-state index contributed by atoms with van der Waals surface area (Å²) in [6.45, 7) is 6.65. The highest BCUT2D eigenvalue weighted by molar-refractivity contribution is 7.09. The number of carbonyl (C=O) groups excluding carboxylic acids is 1. The molecule has 0 radical (unpaired) electrons. The van der Waals surface area contributed by atoms with Gasteiger partial charge in [0, 0.05) is 43.2 Å². The second-order valence-electron chi connectivity index (χ2n) is 5.89. The summed E-state index contributed by atoms with van der Waals surface area (Å²) in [5, 5.41) is 6.25. The third kappa shape index (κ3) is 4.06. The molecule has 0 unspecified atom stereocenters. The number of carbonyl (C=O) groups is 1. The predicted molar refractivity (Wildman–Crippen MR) is 98.8 cm³/mol. The molecule has 0 spiro atoms. The van der Waals surface area contributed by atoms with Crippen molar-refractivity contribution in [2.24, 2.45) is 0 Å². The van der Waals surface area contributed by atoms with Crippen LogP contribution in [0.3, 0.4) is 0 Å². The van der Waals surface area contributed by atoms with Gasteiger partial charge in [0.25, 0.3) is 0 Å². The summed E-state index contributed by atoms with van der Waals surface area (Å²) in [6.07, 6.45) is 0.323. The molecule has 2 heterocycles. The van der Waals surface area contributed by atoms with Crippen LogP contribution in [-0.4, -0.2) is 10.5 Å². The van der Waals surface area contributed by atoms with E-state index in [2.05, 4.69) is 28.8 Å². The second-order valence-corrected chi connectivity index (χ2v) is 7.06. The number of thiazole rings is 1. The Labute approximate surface area is 151 Å². The molecular weight excluding hydrogens is 346 g/mol. The average Bonchev–Trinajstić information content (AvgIpc) is 3.08. The number of amides is 1. The maximum Gasteiger partial charge on any atom is 0.307 e. The quantitative estimate of drug-likeness (QED) is 0.852. The number of fused-ring (bicyclic) bond motifs is 1. The minimum atomic E-state index is -0.0289. The molecule has 7 heteroatoms. The molecule has 0 saturated heterocycles. The van der Waals surface area contributed by atoms with Crippen LogP contribution in [0.15, 0.2) is 23.0 Å². The van der Waals surface area contributed by atoms with Crippen LogP contribution in [-0.2, 0) is 31.0 Å². The van der Waals surface area contributed by atoms with Crippen LogP contribution < -0.4 is 15.5 Å². The molecule has 1 aromatic carbocycles. The predicted octanol–water partition coefficient (Wildman–Crippen LogP) is 2.26. The number of aromatic nitrogens is 1. The van der Waals surface area contributed by atoms with Crippen molar-refractivity contribution in [1.82, 2.24) is 15.2 Å². The first-order valence-corrected chi connectivity index (χ1v) is 8.61. The monoisotopic (exact) mass is 367 g/mol. The van der Waals surface area contributed by atoms with Gasteiger partial charge in [-0.25, -0.2) is 0 Å². The van der Waals surface area contributed by atoms with Crippen molar-refractivity contribution in [3.05, 3.63) is 55.1 Å². The lowest BCUT2D eigenvalue weighted by Gasteiger charge is -2.08. The number of hydrogen-bond acceptors (Lipinski definition) is 4. The van der Waals surface area contributed by atoms with E-state index in [0.717, 1.165) is 29.2 Å². The summed E-state index contributed by atoms with van der Waals surface area (Å²) in [4.78, 5) is 24.9. The van der Waals surface area contributed by atoms with Crippen molar-refractivity contribution in [2.75, 3.05) is 0 Å². The molecule has 0 saturated carbocycles. The number of rotatable bonds is 5. The molecule has 2 N–H and O–H groups in total. The number of hydrogen-bond donors (Lipinski definition) is 2. The molecule has 1 amide bonds. The molecule has 24 heavy (non-hydrogen) atoms. The Kier molecular flexibility index (Phi) is 6.21. The molecular formula is C17H22ClN3O2S. The van der Waals surface area contributed by atoms with Gasteiger partial charge in [0.05, 0.1) is 0 Å². The smallest absolute Gasteiger partial charge is 0.307 e. The van der Waals surface area contributed by atoms with Gasteiger partial charge < -0.3 is 15.2 Å². The van der Waals surface area contributed by atoms with Gasteiger partial charge in [0.15, 0.2) is 0 Å². The van der Waals surface area contributed by atoms with Gasteiger partial charge in [-0.05, 0) is 30.5 Å². The molecule has 2 aromatic rings. The fraction of sp³-hybridized carbons (Fsp3) is 0.412. The number of aryl methyl sites for hydroxylation is 1. The van der Waals surface area contributed by atoms with Crippen LogP contribution in [0.4, 0.5) is 0 Å². The lowest BCUT2D eigenvalue weighted by Crippen LogP contribution is -2.26. The lowest BCUT2D eigenvalue weighted by atomic mass is 10.1. The van der Waals surface area contributed by atoms with Gasteiger partial charge in [-0.3, -0.25) is 9.59 Å². The van der Waals surface area contributed by atoms with E-state index < -0.39 is 0 Å². The van der Waals surface area contributed by atoms with Gasteiger partial charge in [-0.15, -0.1) is 12.4 Å². The minimum Gasteiger partial charge on any atom is -0.352 e. The van der Waals surface area contributed by atoms with Crippen molar-refractivity contribution < 1.29 is 4.79 Å². The zero-order valence-corrected chi connectivity index (χ0v) is 15.5. The first kappa shape index (κ1) is 18.7. The Hall–Kier alpha value is -1.63. The maximum absolute atomic E-state index is 12.0. The second kappa shape index (κ2) is 7.96. The third-order valence-corrected chi connectivity index (χ3v) is 5.33. The van der Waals surface area contributed by atoms with E-state index in [1.54, 1.807) is 4.57 Å². The summed E-state index contributed by atoms with van der Waals surface area (Å²) in [7, 11) is 0. The summed E-state index contributed by atoms with van der Waals surface area (Å²) in [5.41, 5.74) is 4.72. The molecule has 0 fully saturated rings. The molecule has 130 valence electrons. The Morgan fingerprint density at radius 1 is 1.29 bits per heavy atom. The van der Waals surface area contributed by atoms with Crippen molar-refractivity contribution in [3.8, 4) is 0 Å². The van der Waals surface area contributed by atoms with Gasteiger partial charge >= 0.3 is 4.87 Å². The third-order valence-electron chi connectivity index (χ3n) is 4.33. The highest BCUT2D eigenvalue weighted by Crippen LogP contribution is 2.17. The standard InChI is InChI=1S/C17H21N3O2S.ClH/c1-11-12(2)23-17(22)20(11)6-5-16(21)19-8-13-3-4-14-9-18-10-15(14)7-13;/h3-4,7,18H,5-6,8-10H2,1-2H3,(H,19,21);1H. The minimum absolute atomic E-state index is 0. The topological polar surface area (TPSA) is 63.1 Å². The summed E-state index contributed by atoms with van der Waals surface area (Å²) < 4.78 is 1.68. The van der Waals surface area contributed by atoms with Crippen LogP contribution in [0.25, 0.3) is 0 Å². The van der Waals surface area contributed by atoms with Crippen molar-refractivity contribution in [2.45, 2.75) is 46.4 Å². The SMILES string of the molecule is Cc1sc(=O)n(CCC(=O)NCc2ccc3c(c2)CNC3)c1C.Cl. The fourth-order valence-corrected chi connectivity index (χ4v) is 3.66. The average molecular weight is 368 g/mol. The maximum atomic E-state index is 12.0. The summed E-state index contributed by atoms with van der Waals surface area (Å²) in [5.74, 6) is -0.0289. The number of nitrogens with one attached hydrogen (secondary N) is 2. The summed E-state index contributed by atoms with van der Waals surface area (Å²) >= 11 is 1.24. The summed E-state index contributed by atoms with van der Waals surface area (Å²) in [6, 6.07) is 6.32.